The zero-order valence-electron chi connectivity index (χ0n) is 19.6. The van der Waals surface area contributed by atoms with Crippen molar-refractivity contribution in [1.29, 1.82) is 0 Å². The molecule has 0 saturated carbocycles. The molecule has 0 atom stereocenters. The summed E-state index contributed by atoms with van der Waals surface area (Å²) in [6, 6.07) is 0. The molecule has 0 aromatic heterocycles. The van der Waals surface area contributed by atoms with E-state index >= 15 is 0 Å². The summed E-state index contributed by atoms with van der Waals surface area (Å²) >= 11 is 0. The Morgan fingerprint density at radius 3 is 0.960 bits per heavy atom. The first kappa shape index (κ1) is 41.3. The molecule has 1 saturated heterocycles. The van der Waals surface area contributed by atoms with Crippen molar-refractivity contribution in [3.63, 3.8) is 0 Å². The van der Waals surface area contributed by atoms with Crippen molar-refractivity contribution in [3.8, 4) is 0 Å². The number of nitrogens with zero attached hydrogens (tertiary/aromatic N) is 1. The molecule has 1 fully saturated rings. The van der Waals surface area contributed by atoms with Gasteiger partial charge in [-0.3, -0.25) is 0 Å². The molecule has 0 aromatic rings. The van der Waals surface area contributed by atoms with E-state index in [2.05, 4.69) is 69.2 Å². The van der Waals surface area contributed by atoms with Gasteiger partial charge in [-0.25, -0.2) is 0 Å². The van der Waals surface area contributed by atoms with Crippen molar-refractivity contribution >= 4 is 23.1 Å². The molecule has 1 heterocycles. The normalized spacial score (nSPS) is 15.6. The molecule has 0 aliphatic carbocycles. The molecular formula is C21H45Li2MgN. The first-order chi connectivity index (χ1) is 10.2. The van der Waals surface area contributed by atoms with Crippen LogP contribution in [-0.2, 0) is 0 Å². The zero-order valence-corrected chi connectivity index (χ0v) is 21.1. The van der Waals surface area contributed by atoms with Gasteiger partial charge >= 0.3 is 60.8 Å². The fourth-order valence-electron chi connectivity index (χ4n) is 1.88. The SMILES string of the molecule is CC1(C)CCCC(C)(C)[N-]1.[CH2-]CCC.[CH2-]CCC.[CH2-]CCC.[Li+].[Li+].[Mg+2]. The van der Waals surface area contributed by atoms with Crippen LogP contribution >= 0.6 is 0 Å². The molecule has 1 rings (SSSR count). The molecule has 25 heavy (non-hydrogen) atoms. The third-order valence-corrected chi connectivity index (χ3v) is 3.24. The number of piperidine rings is 1. The summed E-state index contributed by atoms with van der Waals surface area (Å²) in [5.74, 6) is 0. The Morgan fingerprint density at radius 1 is 0.680 bits per heavy atom. The van der Waals surface area contributed by atoms with Gasteiger partial charge in [0.05, 0.1) is 0 Å². The second-order valence-corrected chi connectivity index (χ2v) is 7.15. The molecule has 138 valence electrons. The Bertz CT molecular complexity index is 181. The number of hydrogen-bond acceptors (Lipinski definition) is 0. The number of rotatable bonds is 3. The minimum Gasteiger partial charge on any atom is -0.652 e. The smallest absolute Gasteiger partial charge is 0.652 e. The van der Waals surface area contributed by atoms with E-state index in [9.17, 15) is 0 Å². The van der Waals surface area contributed by atoms with Crippen LogP contribution in [0, 0.1) is 20.8 Å². The van der Waals surface area contributed by atoms with Gasteiger partial charge in [-0.15, -0.1) is 11.1 Å². The first-order valence-corrected chi connectivity index (χ1v) is 9.28. The molecule has 1 aliphatic heterocycles. The molecule has 1 nitrogen and oxygen atoms in total. The summed E-state index contributed by atoms with van der Waals surface area (Å²) in [6.45, 7) is 26.1. The van der Waals surface area contributed by atoms with Crippen molar-refractivity contribution in [2.45, 2.75) is 117 Å². The standard InChI is InChI=1S/C9H18N.3C4H9.2Li.Mg/c1-8(2)6-5-7-9(3,4)10-8;3*1-3-4-2;;;/h5-7H2,1-4H3;3*1,3-4H2,2H3;;;/q4*-1;2*+1;+2. The third-order valence-electron chi connectivity index (χ3n) is 3.24. The minimum atomic E-state index is 0. The summed E-state index contributed by atoms with van der Waals surface area (Å²) in [6.07, 6.45) is 10.7. The fourth-order valence-corrected chi connectivity index (χ4v) is 1.88. The van der Waals surface area contributed by atoms with Crippen molar-refractivity contribution in [2.75, 3.05) is 0 Å². The molecule has 4 heteroatoms. The maximum absolute atomic E-state index is 4.75. The van der Waals surface area contributed by atoms with E-state index in [-0.39, 0.29) is 71.9 Å². The molecule has 0 aromatic carbocycles. The second-order valence-electron chi connectivity index (χ2n) is 7.15. The van der Waals surface area contributed by atoms with Crippen LogP contribution in [0.1, 0.15) is 106 Å². The molecule has 0 bridgehead atoms. The molecule has 0 N–H and O–H groups in total. The van der Waals surface area contributed by atoms with Crippen LogP contribution in [0.15, 0.2) is 0 Å². The summed E-state index contributed by atoms with van der Waals surface area (Å²) in [5, 5.41) is 4.75. The number of hydrogen-bond donors (Lipinski definition) is 0. The topological polar surface area (TPSA) is 14.1 Å². The van der Waals surface area contributed by atoms with Crippen molar-refractivity contribution in [3.05, 3.63) is 26.1 Å². The molecule has 0 radical (unpaired) electrons. The van der Waals surface area contributed by atoms with E-state index in [0.717, 1.165) is 19.3 Å². The van der Waals surface area contributed by atoms with Crippen LogP contribution in [0.5, 0.6) is 0 Å². The Balaban J connectivity index is -0.0000000520. The van der Waals surface area contributed by atoms with Crippen molar-refractivity contribution in [1.82, 2.24) is 0 Å². The van der Waals surface area contributed by atoms with Gasteiger partial charge in [0.25, 0.3) is 0 Å². The van der Waals surface area contributed by atoms with Crippen LogP contribution in [-0.4, -0.2) is 34.1 Å². The van der Waals surface area contributed by atoms with Crippen LogP contribution < -0.4 is 37.7 Å². The summed E-state index contributed by atoms with van der Waals surface area (Å²) in [5.41, 5.74) is 0.476. The van der Waals surface area contributed by atoms with Gasteiger partial charge < -0.3 is 26.1 Å². The zero-order chi connectivity index (χ0) is 18.1. The predicted molar refractivity (Wildman–Crippen MR) is 112 cm³/mol. The predicted octanol–water partition coefficient (Wildman–Crippen LogP) is 1.59. The van der Waals surface area contributed by atoms with Gasteiger partial charge in [-0.1, -0.05) is 87.0 Å². The van der Waals surface area contributed by atoms with E-state index in [1.807, 2.05) is 0 Å². The second kappa shape index (κ2) is 28.1. The van der Waals surface area contributed by atoms with Gasteiger partial charge in [0.15, 0.2) is 0 Å². The quantitative estimate of drug-likeness (QED) is 0.543. The van der Waals surface area contributed by atoms with Gasteiger partial charge in [-0.05, 0) is 0 Å². The van der Waals surface area contributed by atoms with Gasteiger partial charge in [0.1, 0.15) is 0 Å². The van der Waals surface area contributed by atoms with Gasteiger partial charge in [-0.2, -0.15) is 19.3 Å². The summed E-state index contributed by atoms with van der Waals surface area (Å²) in [4.78, 5) is 0. The molecule has 1 aliphatic rings. The molecular weight excluding hydrogens is 304 g/mol. The average Bonchev–Trinajstić information content (AvgIpc) is 2.45. The van der Waals surface area contributed by atoms with Crippen LogP contribution in [0.4, 0.5) is 0 Å². The van der Waals surface area contributed by atoms with E-state index < -0.39 is 0 Å². The molecule has 0 amide bonds. The Labute approximate surface area is 202 Å². The number of unbranched alkanes of at least 4 members (excludes halogenated alkanes) is 3. The molecule has 0 unspecified atom stereocenters. The average molecular weight is 350 g/mol. The Morgan fingerprint density at radius 2 is 0.880 bits per heavy atom. The third kappa shape index (κ3) is 41.4. The van der Waals surface area contributed by atoms with Crippen molar-refractivity contribution < 1.29 is 37.7 Å². The maximum atomic E-state index is 4.75. The van der Waals surface area contributed by atoms with E-state index in [1.54, 1.807) is 0 Å². The largest absolute Gasteiger partial charge is 2.00 e. The monoisotopic (exact) mass is 349 g/mol. The van der Waals surface area contributed by atoms with Crippen LogP contribution in [0.2, 0.25) is 0 Å². The van der Waals surface area contributed by atoms with Crippen LogP contribution in [0.3, 0.4) is 0 Å². The van der Waals surface area contributed by atoms with Crippen molar-refractivity contribution in [2.24, 2.45) is 0 Å². The Hall–Kier alpha value is 1.92. The first-order valence-electron chi connectivity index (χ1n) is 9.28. The minimum absolute atomic E-state index is 0. The van der Waals surface area contributed by atoms with Gasteiger partial charge in [0.2, 0.25) is 0 Å². The Kier molecular flexibility index (Phi) is 46.5. The van der Waals surface area contributed by atoms with E-state index in [1.165, 1.54) is 38.5 Å². The maximum Gasteiger partial charge on any atom is 2.00 e. The summed E-state index contributed by atoms with van der Waals surface area (Å²) in [7, 11) is 0. The fraction of sp³-hybridized carbons (Fsp3) is 0.857. The van der Waals surface area contributed by atoms with E-state index in [4.69, 9.17) is 5.32 Å². The van der Waals surface area contributed by atoms with Gasteiger partial charge in [0, 0.05) is 0 Å². The molecule has 0 spiro atoms. The summed E-state index contributed by atoms with van der Waals surface area (Å²) < 4.78 is 0. The van der Waals surface area contributed by atoms with E-state index in [0.29, 0.717) is 0 Å². The van der Waals surface area contributed by atoms with Crippen LogP contribution in [0.25, 0.3) is 5.32 Å².